The highest BCUT2D eigenvalue weighted by Gasteiger charge is 2.45. The Morgan fingerprint density at radius 2 is 1.88 bits per heavy atom. The maximum absolute atomic E-state index is 13.6. The summed E-state index contributed by atoms with van der Waals surface area (Å²) in [6.45, 7) is 6.19. The topological polar surface area (TPSA) is 70.1 Å². The number of nitriles is 1. The summed E-state index contributed by atoms with van der Waals surface area (Å²) < 4.78 is 1.09. The van der Waals surface area contributed by atoms with Gasteiger partial charge in [-0.25, -0.2) is 0 Å². The summed E-state index contributed by atoms with van der Waals surface area (Å²) in [7, 11) is 0. The lowest BCUT2D eigenvalue weighted by Crippen LogP contribution is -2.42. The number of nitrogens with zero attached hydrogens (tertiary/aromatic N) is 2. The molecule has 2 aliphatic rings. The second-order valence-corrected chi connectivity index (χ2v) is 12.1. The fraction of sp³-hybridized carbons (Fsp3) is 0.333. The summed E-state index contributed by atoms with van der Waals surface area (Å²) in [6, 6.07) is 9.56. The zero-order chi connectivity index (χ0) is 23.4. The zero-order valence-electron chi connectivity index (χ0n) is 18.3. The van der Waals surface area contributed by atoms with Crippen molar-refractivity contribution in [3.8, 4) is 6.07 Å². The summed E-state index contributed by atoms with van der Waals surface area (Å²) >= 11 is 15.9. The van der Waals surface area contributed by atoms with Crippen LogP contribution >= 0.6 is 46.3 Å². The van der Waals surface area contributed by atoms with Gasteiger partial charge in [0.2, 0.25) is 0 Å². The smallest absolute Gasteiger partial charge is 0.162 e. The van der Waals surface area contributed by atoms with Gasteiger partial charge in [0.25, 0.3) is 0 Å². The highest BCUT2D eigenvalue weighted by atomic mass is 35.5. The first-order chi connectivity index (χ1) is 15.1. The van der Waals surface area contributed by atoms with Crippen LogP contribution in [0.25, 0.3) is 0 Å². The van der Waals surface area contributed by atoms with Gasteiger partial charge in [0, 0.05) is 32.6 Å². The van der Waals surface area contributed by atoms with Gasteiger partial charge in [-0.05, 0) is 54.8 Å². The Morgan fingerprint density at radius 3 is 2.47 bits per heavy atom. The molecule has 2 N–H and O–H groups in total. The molecule has 0 radical (unpaired) electrons. The second-order valence-electron chi connectivity index (χ2n) is 8.91. The Hall–Kier alpha value is -1.91. The van der Waals surface area contributed by atoms with Crippen LogP contribution in [0.15, 0.2) is 51.1 Å². The molecule has 32 heavy (non-hydrogen) atoms. The predicted octanol–water partition coefficient (Wildman–Crippen LogP) is 7.03. The molecule has 0 unspecified atom stereocenters. The average Bonchev–Trinajstić information content (AvgIpc) is 3.05. The zero-order valence-corrected chi connectivity index (χ0v) is 21.4. The summed E-state index contributed by atoms with van der Waals surface area (Å²) in [5.41, 5.74) is 9.92. The summed E-state index contributed by atoms with van der Waals surface area (Å²) in [6.07, 6.45) is 3.08. The third-order valence-electron chi connectivity index (χ3n) is 5.83. The van der Waals surface area contributed by atoms with E-state index in [9.17, 15) is 10.1 Å². The molecular weight excluding hydrogens is 481 g/mol. The molecule has 1 atom stereocenters. The van der Waals surface area contributed by atoms with Crippen molar-refractivity contribution in [1.29, 1.82) is 5.26 Å². The van der Waals surface area contributed by atoms with Gasteiger partial charge in [0.05, 0.1) is 27.5 Å². The van der Waals surface area contributed by atoms with Crippen molar-refractivity contribution in [2.24, 2.45) is 11.1 Å². The molecule has 0 amide bonds. The minimum atomic E-state index is -0.475. The highest BCUT2D eigenvalue weighted by molar-refractivity contribution is 8.00. The Kier molecular flexibility index (Phi) is 6.15. The SMILES string of the molecule is CSc1sc(C)cc1[C@H]1C(C#N)=C(N)N(c2cc(Cl)cc(Cl)c2)C2=C1C(=O)CC(C)(C)C2. The molecule has 0 spiro atoms. The van der Waals surface area contributed by atoms with Crippen molar-refractivity contribution in [1.82, 2.24) is 0 Å². The number of carbonyl (C=O) groups excluding carboxylic acids is 1. The van der Waals surface area contributed by atoms with Gasteiger partial charge in [0.15, 0.2) is 5.78 Å². The number of thiophene rings is 1. The van der Waals surface area contributed by atoms with Crippen molar-refractivity contribution < 1.29 is 4.79 Å². The number of thioether (sulfide) groups is 1. The first-order valence-electron chi connectivity index (χ1n) is 10.1. The standard InChI is InChI=1S/C24H23Cl2N3OS2/c1-12-5-16(23(31-4)32-12)20-17(11-27)22(28)29(15-7-13(25)6-14(26)8-15)18-9-24(2,3)10-19(30)21(18)20/h5-8,20H,9-10,28H2,1-4H3/t20-/m0/s1. The summed E-state index contributed by atoms with van der Waals surface area (Å²) in [5.74, 6) is -0.108. The van der Waals surface area contributed by atoms with Crippen molar-refractivity contribution in [2.45, 2.75) is 43.7 Å². The molecule has 4 nitrogen and oxygen atoms in total. The number of benzene rings is 1. The van der Waals surface area contributed by atoms with E-state index >= 15 is 0 Å². The van der Waals surface area contributed by atoms with Crippen LogP contribution in [-0.4, -0.2) is 12.0 Å². The van der Waals surface area contributed by atoms with Gasteiger partial charge in [-0.3, -0.25) is 9.69 Å². The van der Waals surface area contributed by atoms with Crippen LogP contribution in [0, 0.1) is 23.7 Å². The van der Waals surface area contributed by atoms with Gasteiger partial charge < -0.3 is 5.73 Å². The van der Waals surface area contributed by atoms with E-state index in [0.717, 1.165) is 20.3 Å². The van der Waals surface area contributed by atoms with E-state index < -0.39 is 5.92 Å². The first kappa shape index (κ1) is 23.3. The third kappa shape index (κ3) is 3.97. The number of Topliss-reactive ketones (excluding diaryl/α,β-unsaturated/α-hetero) is 1. The van der Waals surface area contributed by atoms with Crippen LogP contribution in [0.1, 0.15) is 43.0 Å². The van der Waals surface area contributed by atoms with Gasteiger partial charge in [-0.2, -0.15) is 5.26 Å². The van der Waals surface area contributed by atoms with Gasteiger partial charge >= 0.3 is 0 Å². The van der Waals surface area contributed by atoms with Crippen LogP contribution < -0.4 is 10.6 Å². The third-order valence-corrected chi connectivity index (χ3v) is 8.48. The molecule has 166 valence electrons. The number of halogens is 2. The Balaban J connectivity index is 2.04. The maximum atomic E-state index is 13.6. The number of anilines is 1. The number of carbonyl (C=O) groups is 1. The monoisotopic (exact) mass is 503 g/mol. The lowest BCUT2D eigenvalue weighted by atomic mass is 9.69. The van der Waals surface area contributed by atoms with E-state index in [4.69, 9.17) is 28.9 Å². The maximum Gasteiger partial charge on any atom is 0.162 e. The number of allylic oxidation sites excluding steroid dienone is 3. The Labute approximate surface area is 206 Å². The van der Waals surface area contributed by atoms with E-state index in [2.05, 4.69) is 26.0 Å². The summed E-state index contributed by atoms with van der Waals surface area (Å²) in [4.78, 5) is 16.5. The molecule has 1 aromatic carbocycles. The second kappa shape index (κ2) is 8.46. The number of hydrogen-bond donors (Lipinski definition) is 1. The van der Waals surface area contributed by atoms with Crippen molar-refractivity contribution in [3.63, 3.8) is 0 Å². The van der Waals surface area contributed by atoms with E-state index in [1.807, 2.05) is 13.2 Å². The quantitative estimate of drug-likeness (QED) is 0.455. The minimum Gasteiger partial charge on any atom is -0.384 e. The molecule has 8 heteroatoms. The minimum absolute atomic E-state index is 0.0514. The molecule has 0 fully saturated rings. The average molecular weight is 505 g/mol. The van der Waals surface area contributed by atoms with E-state index in [-0.39, 0.29) is 11.2 Å². The van der Waals surface area contributed by atoms with Crippen LogP contribution in [0.2, 0.25) is 10.0 Å². The van der Waals surface area contributed by atoms with Gasteiger partial charge in [-0.15, -0.1) is 23.1 Å². The molecule has 1 aromatic heterocycles. The largest absolute Gasteiger partial charge is 0.384 e. The van der Waals surface area contributed by atoms with E-state index in [1.165, 1.54) is 0 Å². The number of hydrogen-bond acceptors (Lipinski definition) is 6. The molecule has 1 aliphatic heterocycles. The fourth-order valence-corrected chi connectivity index (χ4v) is 7.08. The number of nitrogens with two attached hydrogens (primary N) is 1. The van der Waals surface area contributed by atoms with Crippen LogP contribution in [-0.2, 0) is 4.79 Å². The Morgan fingerprint density at radius 1 is 1.22 bits per heavy atom. The van der Waals surface area contributed by atoms with Crippen LogP contribution in [0.3, 0.4) is 0 Å². The fourth-order valence-electron chi connectivity index (χ4n) is 4.66. The molecule has 1 aliphatic carbocycles. The molecule has 2 aromatic rings. The molecule has 0 bridgehead atoms. The number of aryl methyl sites for hydroxylation is 1. The van der Waals surface area contributed by atoms with Gasteiger partial charge in [0.1, 0.15) is 5.82 Å². The van der Waals surface area contributed by atoms with Crippen LogP contribution in [0.4, 0.5) is 5.69 Å². The Bertz CT molecular complexity index is 1220. The number of ketones is 1. The molecule has 0 saturated carbocycles. The molecular formula is C24H23Cl2N3OS2. The van der Waals surface area contributed by atoms with E-state index in [1.54, 1.807) is 46.2 Å². The van der Waals surface area contributed by atoms with Crippen molar-refractivity contribution in [3.05, 3.63) is 67.4 Å². The number of rotatable bonds is 3. The normalized spacial score (nSPS) is 20.5. The van der Waals surface area contributed by atoms with E-state index in [0.29, 0.717) is 45.5 Å². The first-order valence-corrected chi connectivity index (χ1v) is 12.9. The molecule has 4 rings (SSSR count). The highest BCUT2D eigenvalue weighted by Crippen LogP contribution is 2.52. The van der Waals surface area contributed by atoms with Crippen LogP contribution in [0.5, 0.6) is 0 Å². The molecule has 2 heterocycles. The lowest BCUT2D eigenvalue weighted by Gasteiger charge is -2.43. The van der Waals surface area contributed by atoms with Crippen molar-refractivity contribution in [2.75, 3.05) is 11.2 Å². The summed E-state index contributed by atoms with van der Waals surface area (Å²) in [5, 5.41) is 11.1. The molecule has 0 saturated heterocycles. The lowest BCUT2D eigenvalue weighted by molar-refractivity contribution is -0.118. The predicted molar refractivity (Wildman–Crippen MR) is 134 cm³/mol. The van der Waals surface area contributed by atoms with Gasteiger partial charge in [-0.1, -0.05) is 37.0 Å². The van der Waals surface area contributed by atoms with Crippen molar-refractivity contribution >= 4 is 57.8 Å².